The van der Waals surface area contributed by atoms with Crippen molar-refractivity contribution in [3.8, 4) is 0 Å². The van der Waals surface area contributed by atoms with Gasteiger partial charge in [0.1, 0.15) is 5.01 Å². The normalized spacial score (nSPS) is 10.5. The Kier molecular flexibility index (Phi) is 6.81. The van der Waals surface area contributed by atoms with Crippen LogP contribution in [0.1, 0.15) is 42.5 Å². The Morgan fingerprint density at radius 2 is 2.29 bits per heavy atom. The van der Waals surface area contributed by atoms with Gasteiger partial charge in [-0.15, -0.1) is 11.3 Å². The molecule has 1 amide bonds. The molecule has 1 heterocycles. The minimum atomic E-state index is 0.107. The zero-order chi connectivity index (χ0) is 12.5. The van der Waals surface area contributed by atoms with Crippen molar-refractivity contribution >= 4 is 17.2 Å². The molecular formula is C12H21N3OS. The van der Waals surface area contributed by atoms with E-state index in [0.29, 0.717) is 19.5 Å². The number of nitrogens with two attached hydrogens (primary N) is 1. The third-order valence-corrected chi connectivity index (χ3v) is 3.64. The van der Waals surface area contributed by atoms with Gasteiger partial charge in [-0.2, -0.15) is 0 Å². The minimum absolute atomic E-state index is 0.107. The topological polar surface area (TPSA) is 68.0 Å². The van der Waals surface area contributed by atoms with Crippen molar-refractivity contribution in [3.05, 3.63) is 16.1 Å². The largest absolute Gasteiger partial charge is 0.350 e. The molecule has 0 radical (unpaired) electrons. The number of carbonyl (C=O) groups is 1. The lowest BCUT2D eigenvalue weighted by atomic mass is 10.2. The van der Waals surface area contributed by atoms with Crippen LogP contribution < -0.4 is 11.1 Å². The van der Waals surface area contributed by atoms with Gasteiger partial charge in [0.15, 0.2) is 0 Å². The van der Waals surface area contributed by atoms with Crippen molar-refractivity contribution in [2.24, 2.45) is 5.73 Å². The molecule has 0 saturated heterocycles. The van der Waals surface area contributed by atoms with Crippen molar-refractivity contribution in [1.82, 2.24) is 10.3 Å². The molecule has 0 aliphatic carbocycles. The zero-order valence-electron chi connectivity index (χ0n) is 10.4. The number of thiazole rings is 1. The van der Waals surface area contributed by atoms with E-state index in [1.807, 2.05) is 6.20 Å². The van der Waals surface area contributed by atoms with Crippen LogP contribution in [0.5, 0.6) is 0 Å². The van der Waals surface area contributed by atoms with E-state index in [0.717, 1.165) is 30.7 Å². The molecule has 96 valence electrons. The number of nitrogens with one attached hydrogen (secondary N) is 1. The summed E-state index contributed by atoms with van der Waals surface area (Å²) in [5, 5.41) is 3.87. The molecule has 5 heteroatoms. The Balaban J connectivity index is 2.14. The monoisotopic (exact) mass is 255 g/mol. The number of aromatic nitrogens is 1. The van der Waals surface area contributed by atoms with Crippen molar-refractivity contribution in [3.63, 3.8) is 0 Å². The van der Waals surface area contributed by atoms with Crippen LogP contribution in [0.15, 0.2) is 6.20 Å². The first-order chi connectivity index (χ1) is 8.26. The Labute approximate surface area is 107 Å². The number of hydrogen-bond acceptors (Lipinski definition) is 4. The maximum atomic E-state index is 11.5. The third-order valence-electron chi connectivity index (χ3n) is 2.49. The number of amides is 1. The summed E-state index contributed by atoms with van der Waals surface area (Å²) in [5.41, 5.74) is 5.39. The predicted molar refractivity (Wildman–Crippen MR) is 70.9 cm³/mol. The number of carbonyl (C=O) groups excluding carboxylic acids is 1. The summed E-state index contributed by atoms with van der Waals surface area (Å²) in [7, 11) is 0. The standard InChI is InChI=1S/C12H21N3OS/c1-2-10-8-15-12(17-10)9-14-11(16)6-4-3-5-7-13/h8H,2-7,9,13H2,1H3,(H,14,16). The molecule has 3 N–H and O–H groups in total. The second kappa shape index (κ2) is 8.20. The van der Waals surface area contributed by atoms with Gasteiger partial charge < -0.3 is 11.1 Å². The van der Waals surface area contributed by atoms with E-state index in [9.17, 15) is 4.79 Å². The van der Waals surface area contributed by atoms with Gasteiger partial charge in [0, 0.05) is 17.5 Å². The van der Waals surface area contributed by atoms with E-state index >= 15 is 0 Å². The van der Waals surface area contributed by atoms with E-state index in [1.54, 1.807) is 11.3 Å². The number of hydrogen-bond donors (Lipinski definition) is 2. The van der Waals surface area contributed by atoms with Crippen molar-refractivity contribution < 1.29 is 4.79 Å². The second-order valence-corrected chi connectivity index (χ2v) is 5.15. The smallest absolute Gasteiger partial charge is 0.220 e. The fourth-order valence-corrected chi connectivity index (χ4v) is 2.26. The lowest BCUT2D eigenvalue weighted by molar-refractivity contribution is -0.121. The molecule has 0 unspecified atom stereocenters. The molecule has 1 aromatic heterocycles. The van der Waals surface area contributed by atoms with Gasteiger partial charge in [0.2, 0.25) is 5.91 Å². The van der Waals surface area contributed by atoms with Crippen LogP contribution in [0.25, 0.3) is 0 Å². The van der Waals surface area contributed by atoms with Crippen LogP contribution in [0.3, 0.4) is 0 Å². The Morgan fingerprint density at radius 3 is 2.94 bits per heavy atom. The molecule has 1 aromatic rings. The average Bonchev–Trinajstić information content (AvgIpc) is 2.80. The van der Waals surface area contributed by atoms with E-state index < -0.39 is 0 Å². The van der Waals surface area contributed by atoms with E-state index in [2.05, 4.69) is 17.2 Å². The quantitative estimate of drug-likeness (QED) is 0.696. The van der Waals surface area contributed by atoms with Gasteiger partial charge in [-0.25, -0.2) is 4.98 Å². The summed E-state index contributed by atoms with van der Waals surface area (Å²) in [5.74, 6) is 0.107. The highest BCUT2D eigenvalue weighted by molar-refractivity contribution is 7.11. The van der Waals surface area contributed by atoms with Crippen LogP contribution >= 0.6 is 11.3 Å². The zero-order valence-corrected chi connectivity index (χ0v) is 11.2. The first-order valence-corrected chi connectivity index (χ1v) is 6.98. The summed E-state index contributed by atoms with van der Waals surface area (Å²) < 4.78 is 0. The van der Waals surface area contributed by atoms with Gasteiger partial charge >= 0.3 is 0 Å². The van der Waals surface area contributed by atoms with E-state index in [1.165, 1.54) is 4.88 Å². The Morgan fingerprint density at radius 1 is 1.47 bits per heavy atom. The predicted octanol–water partition coefficient (Wildman–Crippen LogP) is 1.84. The molecule has 1 rings (SSSR count). The van der Waals surface area contributed by atoms with Crippen LogP contribution in [0, 0.1) is 0 Å². The molecule has 0 fully saturated rings. The number of nitrogens with zero attached hydrogens (tertiary/aromatic N) is 1. The summed E-state index contributed by atoms with van der Waals surface area (Å²) >= 11 is 1.66. The number of rotatable bonds is 8. The molecule has 17 heavy (non-hydrogen) atoms. The van der Waals surface area contributed by atoms with Gasteiger partial charge in [-0.1, -0.05) is 13.3 Å². The van der Waals surface area contributed by atoms with Crippen molar-refractivity contribution in [2.75, 3.05) is 6.54 Å². The molecule has 0 spiro atoms. The van der Waals surface area contributed by atoms with Crippen LogP contribution in [-0.2, 0) is 17.8 Å². The second-order valence-electron chi connectivity index (χ2n) is 3.95. The van der Waals surface area contributed by atoms with Crippen molar-refractivity contribution in [1.29, 1.82) is 0 Å². The molecule has 0 bridgehead atoms. The highest BCUT2D eigenvalue weighted by atomic mass is 32.1. The number of aryl methyl sites for hydroxylation is 1. The van der Waals surface area contributed by atoms with Gasteiger partial charge in [-0.3, -0.25) is 4.79 Å². The summed E-state index contributed by atoms with van der Waals surface area (Å²) in [6.07, 6.45) is 6.42. The molecule has 4 nitrogen and oxygen atoms in total. The lowest BCUT2D eigenvalue weighted by Crippen LogP contribution is -2.22. The van der Waals surface area contributed by atoms with Crippen LogP contribution in [0.2, 0.25) is 0 Å². The lowest BCUT2D eigenvalue weighted by Gasteiger charge is -2.02. The molecule has 0 aromatic carbocycles. The minimum Gasteiger partial charge on any atom is -0.350 e. The summed E-state index contributed by atoms with van der Waals surface area (Å²) in [6, 6.07) is 0. The maximum Gasteiger partial charge on any atom is 0.220 e. The van der Waals surface area contributed by atoms with E-state index in [-0.39, 0.29) is 5.91 Å². The third kappa shape index (κ3) is 5.79. The fraction of sp³-hybridized carbons (Fsp3) is 0.667. The SMILES string of the molecule is CCc1cnc(CNC(=O)CCCCCN)s1. The average molecular weight is 255 g/mol. The first kappa shape index (κ1) is 14.1. The number of unbranched alkanes of at least 4 members (excludes halogenated alkanes) is 2. The highest BCUT2D eigenvalue weighted by Gasteiger charge is 2.04. The van der Waals surface area contributed by atoms with Crippen LogP contribution in [0.4, 0.5) is 0 Å². The van der Waals surface area contributed by atoms with Crippen LogP contribution in [-0.4, -0.2) is 17.4 Å². The molecule has 0 atom stereocenters. The molecule has 0 saturated carbocycles. The van der Waals surface area contributed by atoms with Gasteiger partial charge in [0.05, 0.1) is 6.54 Å². The molecule has 0 aliphatic rings. The summed E-state index contributed by atoms with van der Waals surface area (Å²) in [4.78, 5) is 17.0. The molecule has 0 aliphatic heterocycles. The summed E-state index contributed by atoms with van der Waals surface area (Å²) in [6.45, 7) is 3.37. The Bertz CT molecular complexity index is 338. The maximum absolute atomic E-state index is 11.5. The fourth-order valence-electron chi connectivity index (χ4n) is 1.46. The molecular weight excluding hydrogens is 234 g/mol. The van der Waals surface area contributed by atoms with Crippen molar-refractivity contribution in [2.45, 2.75) is 45.6 Å². The highest BCUT2D eigenvalue weighted by Crippen LogP contribution is 2.12. The van der Waals surface area contributed by atoms with Gasteiger partial charge in [0.25, 0.3) is 0 Å². The Hall–Kier alpha value is -0.940. The van der Waals surface area contributed by atoms with Gasteiger partial charge in [-0.05, 0) is 25.8 Å². The van der Waals surface area contributed by atoms with E-state index in [4.69, 9.17) is 5.73 Å². The first-order valence-electron chi connectivity index (χ1n) is 6.16.